The van der Waals surface area contributed by atoms with Gasteiger partial charge in [-0.2, -0.15) is 0 Å². The van der Waals surface area contributed by atoms with Gasteiger partial charge < -0.3 is 26.2 Å². The number of amides is 1. The fourth-order valence-corrected chi connectivity index (χ4v) is 6.10. The minimum atomic E-state index is -2.67. The molecule has 1 amide bonds. The number of primary amides is 1. The summed E-state index contributed by atoms with van der Waals surface area (Å²) in [6.07, 6.45) is 1.92. The molecule has 0 spiro atoms. The molecule has 200 valence electrons. The van der Waals surface area contributed by atoms with Crippen LogP contribution in [0.15, 0.2) is 35.2 Å². The Morgan fingerprint density at radius 3 is 2.47 bits per heavy atom. The van der Waals surface area contributed by atoms with Crippen LogP contribution < -0.4 is 5.73 Å². The molecule has 1 aromatic heterocycles. The maximum atomic E-state index is 13.9. The molecule has 1 heterocycles. The summed E-state index contributed by atoms with van der Waals surface area (Å²) >= 11 is 0. The molecule has 1 fully saturated rings. The van der Waals surface area contributed by atoms with Crippen LogP contribution in [-0.4, -0.2) is 83.5 Å². The van der Waals surface area contributed by atoms with E-state index in [2.05, 4.69) is 10.3 Å². The standard InChI is InChI=1S/C26H29N5O7/c1-10(2)14-9-31(29-28-14)15-5-6-16(32)18-12(15)7-11-8-13-20(30(3)4)22(34)19(25(27)37)24(36)26(13,38)23(35)17(11)21(18)33/h5-6,9-11,13,20,32-33,36,38H,7-8H2,1-4H3,(H2,27,37). The van der Waals surface area contributed by atoms with Gasteiger partial charge in [-0.3, -0.25) is 19.3 Å². The Labute approximate surface area is 217 Å². The largest absolute Gasteiger partial charge is 0.508 e. The van der Waals surface area contributed by atoms with Crippen molar-refractivity contribution < 1.29 is 34.8 Å². The van der Waals surface area contributed by atoms with Gasteiger partial charge in [0.2, 0.25) is 5.78 Å². The van der Waals surface area contributed by atoms with Gasteiger partial charge in [0.1, 0.15) is 22.8 Å². The Morgan fingerprint density at radius 1 is 1.21 bits per heavy atom. The van der Waals surface area contributed by atoms with Crippen LogP contribution in [0.25, 0.3) is 11.4 Å². The summed E-state index contributed by atoms with van der Waals surface area (Å²) in [5, 5.41) is 53.0. The number of ketones is 2. The van der Waals surface area contributed by atoms with Crippen molar-refractivity contribution in [1.82, 2.24) is 19.9 Å². The van der Waals surface area contributed by atoms with E-state index in [9.17, 15) is 34.8 Å². The van der Waals surface area contributed by atoms with Gasteiger partial charge in [0.15, 0.2) is 11.4 Å². The van der Waals surface area contributed by atoms with Crippen molar-refractivity contribution in [2.75, 3.05) is 14.1 Å². The van der Waals surface area contributed by atoms with Gasteiger partial charge in [-0.05, 0) is 56.5 Å². The number of likely N-dealkylation sites (N-methyl/N-ethyl adjacent to an activating group) is 1. The number of aliphatic hydroxyl groups excluding tert-OH is 2. The number of aliphatic hydroxyl groups is 3. The van der Waals surface area contributed by atoms with Crippen LogP contribution in [0.4, 0.5) is 0 Å². The third-order valence-electron chi connectivity index (χ3n) is 7.93. The quantitative estimate of drug-likeness (QED) is 0.356. The molecule has 38 heavy (non-hydrogen) atoms. The van der Waals surface area contributed by atoms with Crippen molar-refractivity contribution in [3.05, 3.63) is 52.1 Å². The number of carbonyl (C=O) groups is 3. The van der Waals surface area contributed by atoms with Crippen LogP contribution in [-0.2, 0) is 20.8 Å². The second kappa shape index (κ2) is 8.50. The lowest BCUT2D eigenvalue weighted by Gasteiger charge is -2.50. The highest BCUT2D eigenvalue weighted by Crippen LogP contribution is 2.53. The van der Waals surface area contributed by atoms with E-state index < -0.39 is 58.0 Å². The first kappa shape index (κ1) is 25.6. The van der Waals surface area contributed by atoms with E-state index in [4.69, 9.17) is 5.73 Å². The maximum Gasteiger partial charge on any atom is 0.255 e. The molecule has 2 aromatic rings. The van der Waals surface area contributed by atoms with Crippen molar-refractivity contribution in [3.63, 3.8) is 0 Å². The van der Waals surface area contributed by atoms with Gasteiger partial charge in [0, 0.05) is 11.5 Å². The van der Waals surface area contributed by atoms with Gasteiger partial charge in [0.25, 0.3) is 5.91 Å². The molecule has 4 unspecified atom stereocenters. The summed E-state index contributed by atoms with van der Waals surface area (Å²) in [7, 11) is 3.11. The summed E-state index contributed by atoms with van der Waals surface area (Å²) in [6.45, 7) is 3.94. The molecule has 12 nitrogen and oxygen atoms in total. The number of carbonyl (C=O) groups excluding carboxylic acids is 3. The van der Waals surface area contributed by atoms with E-state index in [1.54, 1.807) is 26.4 Å². The number of hydrogen-bond donors (Lipinski definition) is 5. The van der Waals surface area contributed by atoms with Gasteiger partial charge in [-0.25, -0.2) is 4.68 Å². The van der Waals surface area contributed by atoms with E-state index in [-0.39, 0.29) is 35.6 Å². The van der Waals surface area contributed by atoms with Crippen molar-refractivity contribution in [2.24, 2.45) is 17.6 Å². The van der Waals surface area contributed by atoms with Crippen molar-refractivity contribution in [3.8, 4) is 11.4 Å². The lowest BCUT2D eigenvalue weighted by Crippen LogP contribution is -2.65. The van der Waals surface area contributed by atoms with Crippen LogP contribution in [0.5, 0.6) is 5.75 Å². The second-order valence-corrected chi connectivity index (χ2v) is 10.7. The Morgan fingerprint density at radius 2 is 1.89 bits per heavy atom. The molecular formula is C26H29N5O7. The molecule has 5 rings (SSSR count). The lowest BCUT2D eigenvalue weighted by atomic mass is 9.57. The third-order valence-corrected chi connectivity index (χ3v) is 7.93. The minimum absolute atomic E-state index is 0.000358. The molecule has 0 aliphatic heterocycles. The average Bonchev–Trinajstić information content (AvgIpc) is 3.31. The number of fused-ring (bicyclic) bond motifs is 3. The molecule has 3 aliphatic rings. The molecule has 0 bridgehead atoms. The Kier molecular flexibility index (Phi) is 5.73. The summed E-state index contributed by atoms with van der Waals surface area (Å²) < 4.78 is 1.54. The lowest BCUT2D eigenvalue weighted by molar-refractivity contribution is -0.153. The van der Waals surface area contributed by atoms with E-state index in [0.29, 0.717) is 11.3 Å². The van der Waals surface area contributed by atoms with Crippen LogP contribution >= 0.6 is 0 Å². The fraction of sp³-hybridized carbons (Fsp3) is 0.423. The molecule has 0 saturated heterocycles. The Hall–Kier alpha value is -4.03. The summed E-state index contributed by atoms with van der Waals surface area (Å²) in [5.74, 6) is -6.77. The molecular weight excluding hydrogens is 494 g/mol. The highest BCUT2D eigenvalue weighted by Gasteiger charge is 2.64. The third kappa shape index (κ3) is 3.33. The normalized spacial score (nSPS) is 27.1. The van der Waals surface area contributed by atoms with E-state index in [0.717, 1.165) is 5.69 Å². The van der Waals surface area contributed by atoms with E-state index in [1.165, 1.54) is 15.6 Å². The first-order valence-corrected chi connectivity index (χ1v) is 12.2. The second-order valence-electron chi connectivity index (χ2n) is 10.7. The number of nitrogens with two attached hydrogens (primary N) is 1. The van der Waals surface area contributed by atoms with Gasteiger partial charge in [-0.1, -0.05) is 19.1 Å². The maximum absolute atomic E-state index is 13.9. The van der Waals surface area contributed by atoms with E-state index >= 15 is 0 Å². The van der Waals surface area contributed by atoms with Crippen molar-refractivity contribution in [1.29, 1.82) is 0 Å². The zero-order chi connectivity index (χ0) is 27.8. The molecule has 4 atom stereocenters. The summed E-state index contributed by atoms with van der Waals surface area (Å²) in [6, 6.07) is 1.85. The van der Waals surface area contributed by atoms with Crippen LogP contribution in [0, 0.1) is 11.8 Å². The number of Topliss-reactive ketones (excluding diaryl/α,β-unsaturated/α-hetero) is 2. The molecule has 3 aliphatic carbocycles. The predicted molar refractivity (Wildman–Crippen MR) is 133 cm³/mol. The number of nitrogens with zero attached hydrogens (tertiary/aromatic N) is 4. The first-order valence-electron chi connectivity index (χ1n) is 12.2. The van der Waals surface area contributed by atoms with Crippen LogP contribution in [0.3, 0.4) is 0 Å². The van der Waals surface area contributed by atoms with Crippen LogP contribution in [0.2, 0.25) is 0 Å². The number of aromatic hydroxyl groups is 1. The van der Waals surface area contributed by atoms with E-state index in [1.807, 2.05) is 13.8 Å². The highest BCUT2D eigenvalue weighted by atomic mass is 16.3. The number of phenols is 1. The number of phenolic OH excluding ortho intramolecular Hbond substituents is 1. The predicted octanol–water partition coefficient (Wildman–Crippen LogP) is 0.668. The zero-order valence-corrected chi connectivity index (χ0v) is 21.3. The average molecular weight is 524 g/mol. The number of aromatic nitrogens is 3. The topological polar surface area (TPSA) is 192 Å². The number of hydrogen-bond acceptors (Lipinski definition) is 10. The zero-order valence-electron chi connectivity index (χ0n) is 21.3. The first-order chi connectivity index (χ1) is 17.8. The molecule has 1 aromatic carbocycles. The Balaban J connectivity index is 1.72. The number of benzene rings is 1. The van der Waals surface area contributed by atoms with Gasteiger partial charge >= 0.3 is 0 Å². The molecule has 6 N–H and O–H groups in total. The summed E-state index contributed by atoms with van der Waals surface area (Å²) in [4.78, 5) is 40.6. The smallest absolute Gasteiger partial charge is 0.255 e. The van der Waals surface area contributed by atoms with Gasteiger partial charge in [-0.15, -0.1) is 5.10 Å². The van der Waals surface area contributed by atoms with Crippen molar-refractivity contribution >= 4 is 23.2 Å². The van der Waals surface area contributed by atoms with Gasteiger partial charge in [0.05, 0.1) is 29.2 Å². The fourth-order valence-electron chi connectivity index (χ4n) is 6.10. The van der Waals surface area contributed by atoms with Crippen molar-refractivity contribution in [2.45, 2.75) is 44.2 Å². The SMILES string of the molecule is CC(C)c1cn(-c2ccc(O)c3c2CC2CC4C(N(C)C)C(=O)C(C(N)=O)=C(O)C4(O)C(=O)C2=C3O)nn1. The monoisotopic (exact) mass is 523 g/mol. The molecule has 1 saturated carbocycles. The highest BCUT2D eigenvalue weighted by molar-refractivity contribution is 6.24. The number of rotatable bonds is 4. The molecule has 12 heteroatoms. The Bertz CT molecular complexity index is 1470. The summed E-state index contributed by atoms with van der Waals surface area (Å²) in [5.41, 5.74) is 3.42. The minimum Gasteiger partial charge on any atom is -0.508 e. The van der Waals surface area contributed by atoms with Crippen LogP contribution in [0.1, 0.15) is 43.0 Å². The molecule has 0 radical (unpaired) electrons.